The minimum atomic E-state index is -0.135. The Morgan fingerprint density at radius 1 is 1.35 bits per heavy atom. The molecule has 1 aliphatic rings. The largest absolute Gasteiger partial charge is 0.376 e. The first-order valence-electron chi connectivity index (χ1n) is 8.03. The number of benzene rings is 1. The fourth-order valence-corrected chi connectivity index (χ4v) is 3.12. The van der Waals surface area contributed by atoms with Gasteiger partial charge in [0.1, 0.15) is 17.8 Å². The molecule has 0 amide bonds. The van der Waals surface area contributed by atoms with Gasteiger partial charge in [0.15, 0.2) is 0 Å². The fraction of sp³-hybridized carbons (Fsp3) is 0.389. The second kappa shape index (κ2) is 6.77. The molecule has 0 spiro atoms. The fourth-order valence-electron chi connectivity index (χ4n) is 3.12. The van der Waals surface area contributed by atoms with Crippen LogP contribution in [-0.2, 0) is 24.2 Å². The van der Waals surface area contributed by atoms with Crippen LogP contribution in [-0.4, -0.2) is 21.9 Å². The summed E-state index contributed by atoms with van der Waals surface area (Å²) >= 11 is 0. The summed E-state index contributed by atoms with van der Waals surface area (Å²) in [5, 5.41) is 3.35. The predicted molar refractivity (Wildman–Crippen MR) is 89.8 cm³/mol. The van der Waals surface area contributed by atoms with Crippen molar-refractivity contribution in [1.82, 2.24) is 9.55 Å². The first kappa shape index (κ1) is 15.5. The second-order valence-electron chi connectivity index (χ2n) is 5.97. The maximum absolute atomic E-state index is 12.5. The van der Waals surface area contributed by atoms with Gasteiger partial charge in [0, 0.05) is 6.04 Å². The van der Waals surface area contributed by atoms with Crippen LogP contribution in [0.3, 0.4) is 0 Å². The molecular formula is C18H21N3O2. The van der Waals surface area contributed by atoms with Crippen molar-refractivity contribution in [2.75, 3.05) is 5.32 Å². The van der Waals surface area contributed by atoms with E-state index in [1.807, 2.05) is 18.2 Å². The third kappa shape index (κ3) is 3.33. The summed E-state index contributed by atoms with van der Waals surface area (Å²) in [7, 11) is 0. The molecule has 0 bridgehead atoms. The Morgan fingerprint density at radius 2 is 2.13 bits per heavy atom. The molecule has 1 unspecified atom stereocenters. The lowest BCUT2D eigenvalue weighted by molar-refractivity contribution is -0.108. The quantitative estimate of drug-likeness (QED) is 0.859. The van der Waals surface area contributed by atoms with Crippen LogP contribution in [0, 0.1) is 6.92 Å². The molecule has 23 heavy (non-hydrogen) atoms. The molecule has 120 valence electrons. The Morgan fingerprint density at radius 3 is 2.87 bits per heavy atom. The van der Waals surface area contributed by atoms with Gasteiger partial charge in [-0.15, -0.1) is 0 Å². The molecule has 1 aromatic heterocycles. The summed E-state index contributed by atoms with van der Waals surface area (Å²) < 4.78 is 1.43. The third-order valence-corrected chi connectivity index (χ3v) is 4.39. The maximum Gasteiger partial charge on any atom is 0.277 e. The maximum atomic E-state index is 12.5. The summed E-state index contributed by atoms with van der Waals surface area (Å²) in [6, 6.07) is 10.6. The highest BCUT2D eigenvalue weighted by Crippen LogP contribution is 2.22. The molecule has 0 fully saturated rings. The monoisotopic (exact) mass is 311 g/mol. The van der Waals surface area contributed by atoms with Gasteiger partial charge < -0.3 is 10.1 Å². The summed E-state index contributed by atoms with van der Waals surface area (Å²) in [6.07, 6.45) is 4.47. The molecule has 2 heterocycles. The van der Waals surface area contributed by atoms with Crippen molar-refractivity contribution in [1.29, 1.82) is 0 Å². The molecule has 1 aliphatic heterocycles. The molecule has 0 aliphatic carbocycles. The van der Waals surface area contributed by atoms with Crippen LogP contribution in [0.2, 0.25) is 0 Å². The van der Waals surface area contributed by atoms with E-state index in [0.29, 0.717) is 11.5 Å². The Kier molecular flexibility index (Phi) is 4.55. The number of nitrogens with one attached hydrogen (secondary N) is 1. The topological polar surface area (TPSA) is 64.0 Å². The van der Waals surface area contributed by atoms with Crippen LogP contribution in [0.25, 0.3) is 0 Å². The number of aldehydes is 1. The van der Waals surface area contributed by atoms with Crippen LogP contribution in [0.5, 0.6) is 0 Å². The molecular weight excluding hydrogens is 290 g/mol. The van der Waals surface area contributed by atoms with Gasteiger partial charge in [0.25, 0.3) is 5.56 Å². The minimum Gasteiger partial charge on any atom is -0.376 e. The number of hydrogen-bond donors (Lipinski definition) is 1. The van der Waals surface area contributed by atoms with Crippen LogP contribution in [0.1, 0.15) is 29.9 Å². The predicted octanol–water partition coefficient (Wildman–Crippen LogP) is 2.11. The molecule has 1 aromatic carbocycles. The van der Waals surface area contributed by atoms with Crippen molar-refractivity contribution in [3.63, 3.8) is 0 Å². The highest BCUT2D eigenvalue weighted by atomic mass is 16.1. The number of carbonyl (C=O) groups is 1. The van der Waals surface area contributed by atoms with E-state index in [-0.39, 0.29) is 18.1 Å². The van der Waals surface area contributed by atoms with Crippen molar-refractivity contribution < 1.29 is 4.79 Å². The van der Waals surface area contributed by atoms with Gasteiger partial charge in [-0.3, -0.25) is 9.36 Å². The van der Waals surface area contributed by atoms with E-state index in [1.54, 1.807) is 6.92 Å². The Balaban J connectivity index is 1.76. The van der Waals surface area contributed by atoms with E-state index < -0.39 is 0 Å². The smallest absolute Gasteiger partial charge is 0.277 e. The first-order chi connectivity index (χ1) is 11.2. The first-order valence-corrected chi connectivity index (χ1v) is 8.03. The van der Waals surface area contributed by atoms with Gasteiger partial charge in [0.05, 0.1) is 12.2 Å². The standard InChI is InChI=1S/C18H21N3O2/c1-13-19-16-10-9-15(8-7-14-5-3-2-4-6-14)20-17(16)18(23)21(13)11-12-22/h2-6,12,15,20H,7-11H2,1H3. The summed E-state index contributed by atoms with van der Waals surface area (Å²) in [4.78, 5) is 27.8. The van der Waals surface area contributed by atoms with Crippen LogP contribution < -0.4 is 10.9 Å². The molecule has 3 rings (SSSR count). The third-order valence-electron chi connectivity index (χ3n) is 4.39. The number of fused-ring (bicyclic) bond motifs is 1. The number of anilines is 1. The van der Waals surface area contributed by atoms with E-state index in [9.17, 15) is 9.59 Å². The van der Waals surface area contributed by atoms with Crippen LogP contribution >= 0.6 is 0 Å². The lowest BCUT2D eigenvalue weighted by Gasteiger charge is -2.27. The van der Waals surface area contributed by atoms with Crippen LogP contribution in [0.15, 0.2) is 35.1 Å². The van der Waals surface area contributed by atoms with Gasteiger partial charge >= 0.3 is 0 Å². The van der Waals surface area contributed by atoms with Crippen molar-refractivity contribution >= 4 is 12.0 Å². The van der Waals surface area contributed by atoms with Crippen LogP contribution in [0.4, 0.5) is 5.69 Å². The molecule has 0 saturated carbocycles. The molecule has 5 nitrogen and oxygen atoms in total. The number of aryl methyl sites for hydroxylation is 3. The molecule has 1 N–H and O–H groups in total. The number of nitrogens with zero attached hydrogens (tertiary/aromatic N) is 2. The molecule has 1 atom stereocenters. The summed E-state index contributed by atoms with van der Waals surface area (Å²) in [6.45, 7) is 1.83. The van der Waals surface area contributed by atoms with Gasteiger partial charge in [-0.2, -0.15) is 0 Å². The number of aromatic nitrogens is 2. The zero-order valence-electron chi connectivity index (χ0n) is 13.3. The number of carbonyl (C=O) groups excluding carboxylic acids is 1. The lowest BCUT2D eigenvalue weighted by Crippen LogP contribution is -2.36. The van der Waals surface area contributed by atoms with Crippen molar-refractivity contribution in [2.45, 2.75) is 45.2 Å². The van der Waals surface area contributed by atoms with Gasteiger partial charge in [-0.1, -0.05) is 30.3 Å². The molecule has 2 aromatic rings. The van der Waals surface area contributed by atoms with Crippen molar-refractivity contribution in [3.8, 4) is 0 Å². The van der Waals surface area contributed by atoms with Gasteiger partial charge in [0.2, 0.25) is 0 Å². The number of hydrogen-bond acceptors (Lipinski definition) is 4. The van der Waals surface area contributed by atoms with Crippen molar-refractivity contribution in [2.24, 2.45) is 0 Å². The molecule has 0 saturated heterocycles. The Labute approximate surface area is 135 Å². The minimum absolute atomic E-state index is 0.0569. The van der Waals surface area contributed by atoms with Gasteiger partial charge in [-0.25, -0.2) is 4.98 Å². The molecule has 5 heteroatoms. The zero-order valence-corrected chi connectivity index (χ0v) is 13.3. The average molecular weight is 311 g/mol. The van der Waals surface area contributed by atoms with Gasteiger partial charge in [-0.05, 0) is 38.2 Å². The van der Waals surface area contributed by atoms with E-state index in [2.05, 4.69) is 22.4 Å². The van der Waals surface area contributed by atoms with E-state index in [1.165, 1.54) is 10.1 Å². The van der Waals surface area contributed by atoms with Crippen molar-refractivity contribution in [3.05, 3.63) is 57.8 Å². The summed E-state index contributed by atoms with van der Waals surface area (Å²) in [5.41, 5.74) is 2.57. The second-order valence-corrected chi connectivity index (χ2v) is 5.97. The van der Waals surface area contributed by atoms with E-state index in [4.69, 9.17) is 0 Å². The summed E-state index contributed by atoms with van der Waals surface area (Å²) in [5.74, 6) is 0.602. The van der Waals surface area contributed by atoms with E-state index in [0.717, 1.165) is 37.7 Å². The normalized spacial score (nSPS) is 16.5. The highest BCUT2D eigenvalue weighted by Gasteiger charge is 2.23. The molecule has 0 radical (unpaired) electrons. The average Bonchev–Trinajstić information content (AvgIpc) is 2.58. The Hall–Kier alpha value is -2.43. The van der Waals surface area contributed by atoms with E-state index >= 15 is 0 Å². The lowest BCUT2D eigenvalue weighted by atomic mass is 9.97. The SMILES string of the molecule is Cc1nc2c(c(=O)n1CC=O)NC(CCc1ccccc1)CC2. The Bertz CT molecular complexity index is 753. The number of rotatable bonds is 5. The highest BCUT2D eigenvalue weighted by molar-refractivity contribution is 5.53. The zero-order chi connectivity index (χ0) is 16.2.